The van der Waals surface area contributed by atoms with Crippen LogP contribution in [0.15, 0.2) is 66.7 Å². The van der Waals surface area contributed by atoms with Gasteiger partial charge in [-0.1, -0.05) is 43.3 Å². The third-order valence-electron chi connectivity index (χ3n) is 10.4. The molecule has 3 heterocycles. The van der Waals surface area contributed by atoms with Crippen molar-refractivity contribution >= 4 is 43.1 Å². The Balaban J connectivity index is 1.36. The molecule has 3 aromatic rings. The van der Waals surface area contributed by atoms with E-state index in [4.69, 9.17) is 4.74 Å². The number of rotatable bonds is 9. The van der Waals surface area contributed by atoms with Crippen LogP contribution in [0.4, 0.5) is 17.1 Å². The number of nitrogens with one attached hydrogen (secondary N) is 1. The molecule has 6 atom stereocenters. The lowest BCUT2D eigenvalue weighted by Gasteiger charge is -2.37. The highest BCUT2D eigenvalue weighted by molar-refractivity contribution is 6.71. The fraction of sp³-hybridized carbons (Fsp3) is 0.417. The van der Waals surface area contributed by atoms with Gasteiger partial charge in [-0.15, -0.1) is 0 Å². The predicted molar refractivity (Wildman–Crippen MR) is 186 cm³/mol. The second-order valence-electron chi connectivity index (χ2n) is 14.1. The summed E-state index contributed by atoms with van der Waals surface area (Å²) in [4.78, 5) is 67.3. The summed E-state index contributed by atoms with van der Waals surface area (Å²) in [7, 11) is -3.17. The van der Waals surface area contributed by atoms with Crippen LogP contribution < -0.4 is 10.2 Å². The number of nitrogens with zero attached hydrogens (tertiary/aromatic N) is 3. The van der Waals surface area contributed by atoms with Gasteiger partial charge in [0.2, 0.25) is 5.91 Å². The van der Waals surface area contributed by atoms with Crippen molar-refractivity contribution in [1.82, 2.24) is 4.90 Å². The largest absolute Gasteiger partial charge is 0.432 e. The maximum Gasteiger partial charge on any atom is 0.269 e. The quantitative estimate of drug-likeness (QED) is 0.147. The van der Waals surface area contributed by atoms with E-state index in [-0.39, 0.29) is 31.2 Å². The van der Waals surface area contributed by atoms with Gasteiger partial charge in [0.15, 0.2) is 13.9 Å². The van der Waals surface area contributed by atoms with E-state index < -0.39 is 60.4 Å². The van der Waals surface area contributed by atoms with Crippen molar-refractivity contribution < 1.29 is 39.1 Å². The van der Waals surface area contributed by atoms with Gasteiger partial charge in [0.25, 0.3) is 17.5 Å². The zero-order valence-electron chi connectivity index (χ0n) is 28.4. The first-order valence-corrected chi connectivity index (χ1v) is 19.7. The molecule has 0 aliphatic carbocycles. The number of hydrogen-bond donors (Lipinski definition) is 4. The van der Waals surface area contributed by atoms with E-state index >= 15 is 0 Å². The van der Waals surface area contributed by atoms with Crippen LogP contribution in [0.2, 0.25) is 18.6 Å². The van der Waals surface area contributed by atoms with Crippen molar-refractivity contribution in [3.63, 3.8) is 0 Å². The second-order valence-corrected chi connectivity index (χ2v) is 18.1. The molecular formula is C36H42N4O9Si. The van der Waals surface area contributed by atoms with Gasteiger partial charge < -0.3 is 34.9 Å². The molecule has 1 spiro atoms. The van der Waals surface area contributed by atoms with Crippen molar-refractivity contribution in [2.75, 3.05) is 16.8 Å². The number of carbonyl (C=O) groups is 3. The predicted octanol–water partition coefficient (Wildman–Crippen LogP) is 3.59. The Labute approximate surface area is 290 Å². The van der Waals surface area contributed by atoms with Crippen LogP contribution in [0.1, 0.15) is 42.5 Å². The Morgan fingerprint density at radius 3 is 2.50 bits per heavy atom. The number of amides is 3. The Bertz CT molecular complexity index is 1850. The minimum atomic E-state index is -3.17. The number of non-ortho nitro benzene ring substituents is 1. The fourth-order valence-electron chi connectivity index (χ4n) is 8.04. The molecule has 0 unspecified atom stereocenters. The minimum absolute atomic E-state index is 0.0272. The summed E-state index contributed by atoms with van der Waals surface area (Å²) in [6.07, 6.45) is -1.79. The van der Waals surface area contributed by atoms with Crippen LogP contribution in [-0.4, -0.2) is 75.7 Å². The normalized spacial score (nSPS) is 25.0. The molecule has 3 aromatic carbocycles. The second kappa shape index (κ2) is 13.3. The molecule has 3 aliphatic rings. The molecule has 3 aliphatic heterocycles. The molecule has 0 aromatic heterocycles. The van der Waals surface area contributed by atoms with E-state index in [2.05, 4.69) is 5.32 Å². The molecule has 6 rings (SSSR count). The molecule has 4 N–H and O–H groups in total. The first-order valence-electron chi connectivity index (χ1n) is 16.7. The summed E-state index contributed by atoms with van der Waals surface area (Å²) in [5.74, 6) is -2.02. The van der Waals surface area contributed by atoms with Crippen LogP contribution in [0.3, 0.4) is 0 Å². The molecule has 0 saturated carbocycles. The molecule has 264 valence electrons. The van der Waals surface area contributed by atoms with Crippen molar-refractivity contribution in [3.8, 4) is 0 Å². The van der Waals surface area contributed by atoms with Gasteiger partial charge in [-0.2, -0.15) is 0 Å². The molecule has 13 nitrogen and oxygen atoms in total. The zero-order valence-corrected chi connectivity index (χ0v) is 29.4. The third-order valence-corrected chi connectivity index (χ3v) is 12.9. The number of ether oxygens (including phenoxy) is 1. The average molecular weight is 703 g/mol. The third kappa shape index (κ3) is 6.22. The standard InChI is InChI=1S/C36H42N4O9Si/c1-21-33(50(3,4)48)31(17-32(43)38-19-25-10-6-5-9-24(25)15-28(38)20-41)49-36(21)29-16-27(40(46)47)12-13-30(29)39(35(36)45)18-23-8-7-11-26(14-23)37-34(44)22(2)42/h5-14,16,21-22,28,31,33,41-42,48H,15,17-20H2,1-4H3,(H,37,44)/t21-,22+,28+,31+,33-,36+/m1/s1. The lowest BCUT2D eigenvalue weighted by Crippen LogP contribution is -2.48. The molecule has 0 bridgehead atoms. The zero-order chi connectivity index (χ0) is 36.1. The Hall–Kier alpha value is -4.47. The molecule has 14 heteroatoms. The van der Waals surface area contributed by atoms with E-state index in [1.54, 1.807) is 49.2 Å². The monoisotopic (exact) mass is 702 g/mol. The Morgan fingerprint density at radius 2 is 1.84 bits per heavy atom. The number of fused-ring (bicyclic) bond motifs is 3. The van der Waals surface area contributed by atoms with Crippen LogP contribution in [-0.2, 0) is 44.2 Å². The van der Waals surface area contributed by atoms with Crippen molar-refractivity contribution in [1.29, 1.82) is 0 Å². The number of aliphatic hydroxyl groups is 2. The van der Waals surface area contributed by atoms with E-state index in [1.165, 1.54) is 30.0 Å². The first-order chi connectivity index (χ1) is 23.6. The highest BCUT2D eigenvalue weighted by Gasteiger charge is 2.66. The van der Waals surface area contributed by atoms with E-state index in [0.29, 0.717) is 35.5 Å². The first kappa shape index (κ1) is 35.4. The fourth-order valence-corrected chi connectivity index (χ4v) is 10.6. The lowest BCUT2D eigenvalue weighted by atomic mass is 9.82. The maximum atomic E-state index is 14.8. The molecular weight excluding hydrogens is 661 g/mol. The Morgan fingerprint density at radius 1 is 1.12 bits per heavy atom. The number of anilines is 2. The van der Waals surface area contributed by atoms with E-state index in [0.717, 1.165) is 11.1 Å². The van der Waals surface area contributed by atoms with Crippen molar-refractivity contribution in [3.05, 3.63) is 99.1 Å². The smallest absolute Gasteiger partial charge is 0.269 e. The Kier molecular flexibility index (Phi) is 9.43. The van der Waals surface area contributed by atoms with Gasteiger partial charge in [0.1, 0.15) is 6.10 Å². The SMILES string of the molecule is C[C@H](O)C(=O)Nc1cccc(CN2C(=O)[C@@]3(O[C@@H](CC(=O)N4Cc5ccccc5C[C@H]4CO)[C@H]([Si](C)(C)O)[C@H]3C)c3cc([N+](=O)[O-])ccc32)c1. The summed E-state index contributed by atoms with van der Waals surface area (Å²) in [6, 6.07) is 18.3. The van der Waals surface area contributed by atoms with E-state index in [1.807, 2.05) is 24.3 Å². The molecule has 50 heavy (non-hydrogen) atoms. The number of hydrogen-bond acceptors (Lipinski definition) is 9. The highest BCUT2D eigenvalue weighted by Crippen LogP contribution is 2.60. The highest BCUT2D eigenvalue weighted by atomic mass is 28.4. The molecule has 1 fully saturated rings. The summed E-state index contributed by atoms with van der Waals surface area (Å²) in [5.41, 5.74) is 1.22. The topological polar surface area (TPSA) is 183 Å². The van der Waals surface area contributed by atoms with Crippen LogP contribution >= 0.6 is 0 Å². The van der Waals surface area contributed by atoms with Crippen molar-refractivity contribution in [2.24, 2.45) is 5.92 Å². The average Bonchev–Trinajstić information content (AvgIpc) is 3.49. The van der Waals surface area contributed by atoms with Gasteiger partial charge in [-0.25, -0.2) is 0 Å². The van der Waals surface area contributed by atoms with Crippen LogP contribution in [0, 0.1) is 16.0 Å². The van der Waals surface area contributed by atoms with Crippen LogP contribution in [0.5, 0.6) is 0 Å². The maximum absolute atomic E-state index is 14.8. The van der Waals surface area contributed by atoms with Gasteiger partial charge in [-0.05, 0) is 61.3 Å². The lowest BCUT2D eigenvalue weighted by molar-refractivity contribution is -0.385. The van der Waals surface area contributed by atoms with Gasteiger partial charge in [0, 0.05) is 41.4 Å². The molecule has 3 amide bonds. The van der Waals surface area contributed by atoms with Crippen LogP contribution in [0.25, 0.3) is 0 Å². The minimum Gasteiger partial charge on any atom is -0.432 e. The van der Waals surface area contributed by atoms with Gasteiger partial charge in [0.05, 0.1) is 42.3 Å². The number of nitro groups is 1. The number of aliphatic hydroxyl groups excluding tert-OH is 2. The number of benzene rings is 3. The summed E-state index contributed by atoms with van der Waals surface area (Å²) < 4.78 is 6.77. The van der Waals surface area contributed by atoms with Crippen molar-refractivity contribution in [2.45, 2.75) is 82.3 Å². The molecule has 0 radical (unpaired) electrons. The summed E-state index contributed by atoms with van der Waals surface area (Å²) >= 11 is 0. The van der Waals surface area contributed by atoms with E-state index in [9.17, 15) is 39.5 Å². The molecule has 1 saturated heterocycles. The number of nitro benzene ring substituents is 1. The van der Waals surface area contributed by atoms with Gasteiger partial charge >= 0.3 is 0 Å². The summed E-state index contributed by atoms with van der Waals surface area (Å²) in [6.45, 7) is 6.71. The summed E-state index contributed by atoms with van der Waals surface area (Å²) in [5, 5.41) is 34.5. The van der Waals surface area contributed by atoms with Gasteiger partial charge in [-0.3, -0.25) is 24.5 Å². The number of carbonyl (C=O) groups excluding carboxylic acids is 3.